The Labute approximate surface area is 89.2 Å². The van der Waals surface area contributed by atoms with Crippen LogP contribution in [-0.4, -0.2) is 9.78 Å². The van der Waals surface area contributed by atoms with Gasteiger partial charge in [0.25, 0.3) is 0 Å². The van der Waals surface area contributed by atoms with Crippen LogP contribution in [0.2, 0.25) is 5.02 Å². The Kier molecular flexibility index (Phi) is 2.03. The molecule has 14 heavy (non-hydrogen) atoms. The van der Waals surface area contributed by atoms with Gasteiger partial charge in [0, 0.05) is 0 Å². The Morgan fingerprint density at radius 3 is 2.64 bits per heavy atom. The molecular weight excluding hydrogens is 198 g/mol. The molecule has 1 aliphatic rings. The molecule has 0 aromatic carbocycles. The normalized spacial score (nSPS) is 26.1. The van der Waals surface area contributed by atoms with Gasteiger partial charge in [-0.15, -0.1) is 0 Å². The highest BCUT2D eigenvalue weighted by Gasteiger charge is 2.49. The van der Waals surface area contributed by atoms with Crippen LogP contribution in [0.25, 0.3) is 0 Å². The first-order valence-electron chi connectivity index (χ1n) is 4.92. The summed E-state index contributed by atoms with van der Waals surface area (Å²) in [5, 5.41) is 4.75. The summed E-state index contributed by atoms with van der Waals surface area (Å²) in [6.45, 7) is 6.70. The van der Waals surface area contributed by atoms with Gasteiger partial charge in [0.2, 0.25) is 0 Å². The van der Waals surface area contributed by atoms with Crippen molar-refractivity contribution >= 4 is 17.4 Å². The van der Waals surface area contributed by atoms with Crippen molar-refractivity contribution in [3.05, 3.63) is 11.2 Å². The summed E-state index contributed by atoms with van der Waals surface area (Å²) in [5.74, 6) is 1.25. The summed E-state index contributed by atoms with van der Waals surface area (Å²) in [6.07, 6.45) is 2.86. The molecule has 1 aromatic heterocycles. The molecule has 78 valence electrons. The van der Waals surface area contributed by atoms with Crippen molar-refractivity contribution in [2.45, 2.75) is 33.2 Å². The van der Waals surface area contributed by atoms with E-state index in [2.05, 4.69) is 25.9 Å². The van der Waals surface area contributed by atoms with Gasteiger partial charge < -0.3 is 5.73 Å². The van der Waals surface area contributed by atoms with Crippen molar-refractivity contribution in [2.24, 2.45) is 11.3 Å². The molecule has 2 N–H and O–H groups in total. The van der Waals surface area contributed by atoms with Crippen LogP contribution in [0.1, 0.15) is 33.2 Å². The van der Waals surface area contributed by atoms with Crippen molar-refractivity contribution in [1.82, 2.24) is 9.78 Å². The fraction of sp³-hybridized carbons (Fsp3) is 0.700. The number of nitrogen functional groups attached to an aromatic ring is 1. The minimum atomic E-state index is 0.345. The van der Waals surface area contributed by atoms with E-state index >= 15 is 0 Å². The van der Waals surface area contributed by atoms with E-state index in [9.17, 15) is 0 Å². The maximum Gasteiger partial charge on any atom is 0.140 e. The van der Waals surface area contributed by atoms with E-state index in [1.165, 1.54) is 6.42 Å². The molecule has 1 aliphatic carbocycles. The van der Waals surface area contributed by atoms with Crippen molar-refractivity contribution in [1.29, 1.82) is 0 Å². The standard InChI is InChI=1S/C10H16ClN3/c1-6(7-4-10(7,2)3)14-9(12)8(11)5-13-14/h5-7H,4,12H2,1-3H3. The van der Waals surface area contributed by atoms with Gasteiger partial charge in [-0.25, -0.2) is 4.68 Å². The molecule has 0 radical (unpaired) electrons. The molecule has 0 amide bonds. The minimum absolute atomic E-state index is 0.345. The Morgan fingerprint density at radius 2 is 2.29 bits per heavy atom. The molecule has 4 heteroatoms. The predicted octanol–water partition coefficient (Wildman–Crippen LogP) is 2.73. The highest BCUT2D eigenvalue weighted by molar-refractivity contribution is 6.32. The summed E-state index contributed by atoms with van der Waals surface area (Å²) >= 11 is 5.86. The number of hydrogen-bond donors (Lipinski definition) is 1. The van der Waals surface area contributed by atoms with Crippen LogP contribution in [0.5, 0.6) is 0 Å². The van der Waals surface area contributed by atoms with Gasteiger partial charge in [0.1, 0.15) is 10.8 Å². The largest absolute Gasteiger partial charge is 0.383 e. The molecule has 0 spiro atoms. The Morgan fingerprint density at radius 1 is 1.71 bits per heavy atom. The highest BCUT2D eigenvalue weighted by Crippen LogP contribution is 2.57. The van der Waals surface area contributed by atoms with Crippen LogP contribution >= 0.6 is 11.6 Å². The number of nitrogens with two attached hydrogens (primary N) is 1. The van der Waals surface area contributed by atoms with E-state index in [1.54, 1.807) is 6.20 Å². The Balaban J connectivity index is 2.20. The van der Waals surface area contributed by atoms with Crippen LogP contribution in [0.3, 0.4) is 0 Å². The van der Waals surface area contributed by atoms with Crippen LogP contribution in [0, 0.1) is 11.3 Å². The summed E-state index contributed by atoms with van der Waals surface area (Å²) in [4.78, 5) is 0. The van der Waals surface area contributed by atoms with Gasteiger partial charge in [-0.1, -0.05) is 25.4 Å². The predicted molar refractivity (Wildman–Crippen MR) is 58.2 cm³/mol. The SMILES string of the molecule is CC(C1CC1(C)C)n1ncc(Cl)c1N. The smallest absolute Gasteiger partial charge is 0.140 e. The summed E-state index contributed by atoms with van der Waals surface area (Å²) in [5.41, 5.74) is 6.26. The molecule has 0 bridgehead atoms. The van der Waals surface area contributed by atoms with E-state index < -0.39 is 0 Å². The first kappa shape index (κ1) is 9.84. The third kappa shape index (κ3) is 1.40. The van der Waals surface area contributed by atoms with Gasteiger partial charge in [0.05, 0.1) is 12.2 Å². The maximum atomic E-state index is 5.86. The lowest BCUT2D eigenvalue weighted by Crippen LogP contribution is -2.14. The summed E-state index contributed by atoms with van der Waals surface area (Å²) < 4.78 is 1.84. The molecule has 1 heterocycles. The first-order valence-corrected chi connectivity index (χ1v) is 5.30. The summed E-state index contributed by atoms with van der Waals surface area (Å²) in [6, 6.07) is 0.345. The van der Waals surface area contributed by atoms with E-state index in [1.807, 2.05) is 4.68 Å². The number of rotatable bonds is 2. The molecule has 1 saturated carbocycles. The topological polar surface area (TPSA) is 43.8 Å². The first-order chi connectivity index (χ1) is 6.43. The van der Waals surface area contributed by atoms with Gasteiger partial charge >= 0.3 is 0 Å². The molecule has 1 aromatic rings. The van der Waals surface area contributed by atoms with Crippen LogP contribution in [-0.2, 0) is 0 Å². The molecular formula is C10H16ClN3. The molecule has 2 unspecified atom stereocenters. The third-order valence-corrected chi connectivity index (χ3v) is 3.64. The van der Waals surface area contributed by atoms with Crippen LogP contribution < -0.4 is 5.73 Å². The van der Waals surface area contributed by atoms with E-state index in [0.717, 1.165) is 0 Å². The second kappa shape index (κ2) is 2.89. The Hall–Kier alpha value is -0.700. The zero-order valence-corrected chi connectivity index (χ0v) is 9.54. The number of aromatic nitrogens is 2. The zero-order chi connectivity index (χ0) is 10.5. The fourth-order valence-electron chi connectivity index (χ4n) is 2.18. The van der Waals surface area contributed by atoms with Crippen LogP contribution in [0.15, 0.2) is 6.20 Å². The summed E-state index contributed by atoms with van der Waals surface area (Å²) in [7, 11) is 0. The van der Waals surface area contributed by atoms with E-state index in [4.69, 9.17) is 17.3 Å². The number of hydrogen-bond acceptors (Lipinski definition) is 2. The van der Waals surface area contributed by atoms with Gasteiger partial charge in [-0.2, -0.15) is 5.10 Å². The average Bonchev–Trinajstić information content (AvgIpc) is 2.61. The molecule has 0 aliphatic heterocycles. The second-order valence-corrected chi connectivity index (χ2v) is 5.27. The number of halogens is 1. The van der Waals surface area contributed by atoms with Crippen molar-refractivity contribution in [3.63, 3.8) is 0 Å². The lowest BCUT2D eigenvalue weighted by Gasteiger charge is -2.15. The highest BCUT2D eigenvalue weighted by atomic mass is 35.5. The van der Waals surface area contributed by atoms with Crippen LogP contribution in [0.4, 0.5) is 5.82 Å². The third-order valence-electron chi connectivity index (χ3n) is 3.34. The fourth-order valence-corrected chi connectivity index (χ4v) is 2.31. The number of anilines is 1. The van der Waals surface area contributed by atoms with Crippen molar-refractivity contribution < 1.29 is 0 Å². The number of nitrogens with zero attached hydrogens (tertiary/aromatic N) is 2. The maximum absolute atomic E-state index is 5.86. The van der Waals surface area contributed by atoms with Gasteiger partial charge in [-0.3, -0.25) is 0 Å². The quantitative estimate of drug-likeness (QED) is 0.821. The zero-order valence-electron chi connectivity index (χ0n) is 8.79. The molecule has 0 saturated heterocycles. The minimum Gasteiger partial charge on any atom is -0.383 e. The molecule has 2 atom stereocenters. The lowest BCUT2D eigenvalue weighted by molar-refractivity contribution is 0.387. The molecule has 1 fully saturated rings. The average molecular weight is 214 g/mol. The van der Waals surface area contributed by atoms with Gasteiger partial charge in [-0.05, 0) is 24.7 Å². The second-order valence-electron chi connectivity index (χ2n) is 4.86. The molecule has 2 rings (SSSR count). The Bertz CT molecular complexity index is 356. The lowest BCUT2D eigenvalue weighted by atomic mass is 10.1. The molecule has 3 nitrogen and oxygen atoms in total. The van der Waals surface area contributed by atoms with Gasteiger partial charge in [0.15, 0.2) is 0 Å². The van der Waals surface area contributed by atoms with Crippen molar-refractivity contribution in [3.8, 4) is 0 Å². The van der Waals surface area contributed by atoms with E-state index in [-0.39, 0.29) is 0 Å². The van der Waals surface area contributed by atoms with E-state index in [0.29, 0.717) is 28.2 Å². The monoisotopic (exact) mass is 213 g/mol. The van der Waals surface area contributed by atoms with Crippen molar-refractivity contribution in [2.75, 3.05) is 5.73 Å².